The average Bonchev–Trinajstić information content (AvgIpc) is 3.02. The fourth-order valence-corrected chi connectivity index (χ4v) is 5.51. The van der Waals surface area contributed by atoms with E-state index >= 15 is 0 Å². The zero-order valence-corrected chi connectivity index (χ0v) is 15.7. The highest BCUT2D eigenvalue weighted by molar-refractivity contribution is 7.50. The number of rotatable bonds is 3. The SMILES string of the molecule is CC(OC(=O)c1ccc(-[s+]2c3ccccc3c3ccccc32)cc1)C(F)(F)F. The van der Waals surface area contributed by atoms with E-state index < -0.39 is 18.2 Å². The molecule has 0 aliphatic heterocycles. The van der Waals surface area contributed by atoms with Crippen molar-refractivity contribution in [3.63, 3.8) is 0 Å². The second kappa shape index (κ2) is 6.95. The summed E-state index contributed by atoms with van der Waals surface area (Å²) in [6.07, 6.45) is -6.72. The summed E-state index contributed by atoms with van der Waals surface area (Å²) < 4.78 is 44.7. The van der Waals surface area contributed by atoms with Gasteiger partial charge in [-0.2, -0.15) is 13.2 Å². The van der Waals surface area contributed by atoms with E-state index in [4.69, 9.17) is 0 Å². The van der Waals surface area contributed by atoms with E-state index in [1.54, 1.807) is 12.1 Å². The van der Waals surface area contributed by atoms with Crippen LogP contribution in [-0.2, 0) is 4.74 Å². The molecule has 0 fully saturated rings. The molecule has 0 bridgehead atoms. The first-order valence-electron chi connectivity index (χ1n) is 8.67. The number of benzene rings is 3. The van der Waals surface area contributed by atoms with Gasteiger partial charge >= 0.3 is 12.1 Å². The van der Waals surface area contributed by atoms with Gasteiger partial charge in [0, 0.05) is 21.2 Å². The van der Waals surface area contributed by atoms with Crippen molar-refractivity contribution in [2.75, 3.05) is 0 Å². The highest BCUT2D eigenvalue weighted by Crippen LogP contribution is 2.48. The van der Waals surface area contributed by atoms with E-state index in [0.717, 1.165) is 11.8 Å². The summed E-state index contributed by atoms with van der Waals surface area (Å²) in [6, 6.07) is 23.0. The number of alkyl halides is 3. The van der Waals surface area contributed by atoms with Gasteiger partial charge < -0.3 is 4.74 Å². The lowest BCUT2D eigenvalue weighted by Gasteiger charge is -2.16. The summed E-state index contributed by atoms with van der Waals surface area (Å²) in [7, 11) is -0.319. The van der Waals surface area contributed by atoms with E-state index in [-0.39, 0.29) is 16.0 Å². The quantitative estimate of drug-likeness (QED) is 0.277. The molecule has 1 unspecified atom stereocenters. The Labute approximate surface area is 162 Å². The maximum atomic E-state index is 12.6. The summed E-state index contributed by atoms with van der Waals surface area (Å²) in [5, 5.41) is 2.37. The number of esters is 1. The topological polar surface area (TPSA) is 26.3 Å². The van der Waals surface area contributed by atoms with Crippen molar-refractivity contribution >= 4 is 36.6 Å². The lowest BCUT2D eigenvalue weighted by atomic mass is 10.2. The maximum absolute atomic E-state index is 12.6. The normalized spacial score (nSPS) is 13.0. The lowest BCUT2D eigenvalue weighted by Crippen LogP contribution is -2.30. The molecule has 1 aromatic heterocycles. The largest absolute Gasteiger partial charge is 0.449 e. The molecule has 0 aliphatic carbocycles. The number of carbonyl (C=O) groups excluding carboxylic acids is 1. The van der Waals surface area contributed by atoms with Crippen molar-refractivity contribution in [1.29, 1.82) is 0 Å². The molecule has 0 saturated heterocycles. The second-order valence-electron chi connectivity index (χ2n) is 6.41. The van der Waals surface area contributed by atoms with Gasteiger partial charge in [0.1, 0.15) is 0 Å². The minimum Gasteiger partial charge on any atom is -0.449 e. The molecule has 0 amide bonds. The molecule has 28 heavy (non-hydrogen) atoms. The zero-order valence-electron chi connectivity index (χ0n) is 14.9. The minimum absolute atomic E-state index is 0.101. The Bertz CT molecular complexity index is 1110. The van der Waals surface area contributed by atoms with Crippen LogP contribution in [0.4, 0.5) is 13.2 Å². The van der Waals surface area contributed by atoms with E-state index in [0.29, 0.717) is 0 Å². The summed E-state index contributed by atoms with van der Waals surface area (Å²) in [6.45, 7) is 0.819. The van der Waals surface area contributed by atoms with Gasteiger partial charge in [0.15, 0.2) is 20.4 Å². The molecule has 0 radical (unpaired) electrons. The predicted octanol–water partition coefficient (Wildman–Crippen LogP) is 6.84. The van der Waals surface area contributed by atoms with E-state index in [9.17, 15) is 18.0 Å². The molecule has 3 aromatic carbocycles. The summed E-state index contributed by atoms with van der Waals surface area (Å²) in [5.41, 5.74) is 0.101. The third-order valence-corrected chi connectivity index (χ3v) is 6.91. The molecule has 0 saturated carbocycles. The van der Waals surface area contributed by atoms with Crippen molar-refractivity contribution in [3.05, 3.63) is 78.4 Å². The van der Waals surface area contributed by atoms with Gasteiger partial charge in [-0.1, -0.05) is 24.3 Å². The molecule has 0 N–H and O–H groups in total. The average molecular weight is 401 g/mol. The van der Waals surface area contributed by atoms with Gasteiger partial charge in [-0.3, -0.25) is 0 Å². The van der Waals surface area contributed by atoms with Crippen LogP contribution in [-0.4, -0.2) is 18.2 Å². The van der Waals surface area contributed by atoms with Gasteiger partial charge in [0.25, 0.3) is 0 Å². The van der Waals surface area contributed by atoms with Crippen LogP contribution >= 0.6 is 10.5 Å². The van der Waals surface area contributed by atoms with Gasteiger partial charge in [-0.25, -0.2) is 4.79 Å². The Morgan fingerprint density at radius 1 is 0.857 bits per heavy atom. The molecule has 2 nitrogen and oxygen atoms in total. The smallest absolute Gasteiger partial charge is 0.425 e. The van der Waals surface area contributed by atoms with Gasteiger partial charge in [-0.15, -0.1) is 0 Å². The standard InChI is InChI=1S/C22H16F3O2S/c1-14(22(23,24)25)27-21(26)15-10-12-16(13-11-15)28-19-8-4-2-6-17(19)18-7-3-5-9-20(18)28/h2-14H,1H3/q+1. The van der Waals surface area contributed by atoms with Crippen molar-refractivity contribution < 1.29 is 22.7 Å². The van der Waals surface area contributed by atoms with Crippen LogP contribution in [0, 0.1) is 0 Å². The Kier molecular flexibility index (Phi) is 4.59. The number of halogens is 3. The van der Waals surface area contributed by atoms with Gasteiger partial charge in [-0.05, 0) is 55.5 Å². The summed E-state index contributed by atoms with van der Waals surface area (Å²) >= 11 is 0. The third-order valence-electron chi connectivity index (χ3n) is 4.57. The molecular weight excluding hydrogens is 385 g/mol. The van der Waals surface area contributed by atoms with Crippen LogP contribution in [0.15, 0.2) is 72.8 Å². The van der Waals surface area contributed by atoms with Crippen LogP contribution in [0.2, 0.25) is 0 Å². The highest BCUT2D eigenvalue weighted by atomic mass is 32.2. The first kappa shape index (κ1) is 18.5. The van der Waals surface area contributed by atoms with Crippen molar-refractivity contribution in [2.24, 2.45) is 0 Å². The molecule has 0 spiro atoms. The molecule has 4 rings (SSSR count). The maximum Gasteiger partial charge on any atom is 0.425 e. The van der Waals surface area contributed by atoms with Crippen LogP contribution in [0.3, 0.4) is 0 Å². The van der Waals surface area contributed by atoms with E-state index in [1.807, 2.05) is 24.3 Å². The van der Waals surface area contributed by atoms with Crippen molar-refractivity contribution in [3.8, 4) is 4.90 Å². The molecular formula is C22H16F3O2S+. The molecule has 142 valence electrons. The van der Waals surface area contributed by atoms with Crippen molar-refractivity contribution in [1.82, 2.24) is 0 Å². The predicted molar refractivity (Wildman–Crippen MR) is 106 cm³/mol. The first-order chi connectivity index (χ1) is 13.4. The number of hydrogen-bond donors (Lipinski definition) is 0. The minimum atomic E-state index is -4.58. The third kappa shape index (κ3) is 3.24. The summed E-state index contributed by atoms with van der Waals surface area (Å²) in [4.78, 5) is 13.0. The summed E-state index contributed by atoms with van der Waals surface area (Å²) in [5.74, 6) is -0.980. The van der Waals surface area contributed by atoms with Gasteiger partial charge in [0.05, 0.1) is 5.56 Å². The Morgan fingerprint density at radius 3 is 1.86 bits per heavy atom. The van der Waals surface area contributed by atoms with E-state index in [1.165, 1.54) is 32.3 Å². The Hall–Kier alpha value is -2.86. The molecule has 6 heteroatoms. The molecule has 0 aliphatic rings. The van der Waals surface area contributed by atoms with Crippen molar-refractivity contribution in [2.45, 2.75) is 19.2 Å². The highest BCUT2D eigenvalue weighted by Gasteiger charge is 2.39. The van der Waals surface area contributed by atoms with Crippen LogP contribution in [0.25, 0.3) is 25.1 Å². The van der Waals surface area contributed by atoms with Crippen LogP contribution in [0.5, 0.6) is 0 Å². The fourth-order valence-electron chi connectivity index (χ4n) is 3.13. The fraction of sp³-hybridized carbons (Fsp3) is 0.136. The molecule has 1 heterocycles. The van der Waals surface area contributed by atoms with Gasteiger partial charge in [0.2, 0.25) is 0 Å². The monoisotopic (exact) mass is 401 g/mol. The van der Waals surface area contributed by atoms with Crippen LogP contribution in [0.1, 0.15) is 17.3 Å². The van der Waals surface area contributed by atoms with Crippen LogP contribution < -0.4 is 0 Å². The zero-order chi connectivity index (χ0) is 19.9. The number of thiophene rings is 1. The lowest BCUT2D eigenvalue weighted by molar-refractivity contribution is -0.198. The first-order valence-corrected chi connectivity index (χ1v) is 9.89. The number of ether oxygens (including phenoxy) is 1. The second-order valence-corrected chi connectivity index (χ2v) is 8.38. The Morgan fingerprint density at radius 2 is 1.36 bits per heavy atom. The number of fused-ring (bicyclic) bond motifs is 3. The Balaban J connectivity index is 1.73. The molecule has 1 atom stereocenters. The number of hydrogen-bond acceptors (Lipinski definition) is 2. The molecule has 4 aromatic rings. The number of carbonyl (C=O) groups is 1. The van der Waals surface area contributed by atoms with E-state index in [2.05, 4.69) is 29.0 Å².